The zero-order valence-electron chi connectivity index (χ0n) is 37.5. The highest BCUT2D eigenvalue weighted by Gasteiger charge is 2.61. The molecule has 2 saturated heterocycles. The van der Waals surface area contributed by atoms with Gasteiger partial charge in [-0.2, -0.15) is 12.7 Å². The Labute approximate surface area is 371 Å². The van der Waals surface area contributed by atoms with Crippen molar-refractivity contribution in [2.45, 2.75) is 115 Å². The number of nitrogens with zero attached hydrogens (tertiary/aromatic N) is 3. The summed E-state index contributed by atoms with van der Waals surface area (Å²) in [4.78, 5) is 74.9. The van der Waals surface area contributed by atoms with Crippen LogP contribution in [0.3, 0.4) is 0 Å². The third-order valence-electron chi connectivity index (χ3n) is 13.0. The molecular weight excluding hydrogens is 831 g/mol. The molecule has 2 aliphatic heterocycles. The lowest BCUT2D eigenvalue weighted by Gasteiger charge is -2.36. The molecule has 2 aromatic rings. The van der Waals surface area contributed by atoms with Gasteiger partial charge in [-0.05, 0) is 81.3 Å². The maximum absolute atomic E-state index is 14.2. The molecule has 0 bridgehead atoms. The molecule has 2 aliphatic carbocycles. The molecule has 1 aromatic heterocycles. The molecule has 4 fully saturated rings. The van der Waals surface area contributed by atoms with Crippen LogP contribution in [0.1, 0.15) is 90.5 Å². The van der Waals surface area contributed by atoms with Gasteiger partial charge < -0.3 is 34.7 Å². The van der Waals surface area contributed by atoms with E-state index in [2.05, 4.69) is 27.1 Å². The molecule has 348 valence electrons. The average molecular weight is 898 g/mol. The third-order valence-corrected chi connectivity index (χ3v) is 14.4. The van der Waals surface area contributed by atoms with E-state index in [1.807, 2.05) is 49.8 Å². The van der Waals surface area contributed by atoms with E-state index in [9.17, 15) is 32.4 Å². The lowest BCUT2D eigenvalue weighted by Crippen LogP contribution is -2.60. The predicted octanol–water partition coefficient (Wildman–Crippen LogP) is 3.63. The Morgan fingerprint density at radius 2 is 1.79 bits per heavy atom. The van der Waals surface area contributed by atoms with E-state index in [1.54, 1.807) is 0 Å². The lowest BCUT2D eigenvalue weighted by atomic mass is 9.85. The Morgan fingerprint density at radius 3 is 2.49 bits per heavy atom. The molecule has 0 radical (unpaired) electrons. The number of likely N-dealkylation sites (tertiary alicyclic amines) is 1. The first kappa shape index (κ1) is 47.9. The fraction of sp³-hybridized carbons (Fsp3) is 0.667. The van der Waals surface area contributed by atoms with Crippen molar-refractivity contribution in [1.82, 2.24) is 34.4 Å². The molecule has 0 spiro atoms. The van der Waals surface area contributed by atoms with Crippen molar-refractivity contribution in [3.05, 3.63) is 52.8 Å². The Hall–Kier alpha value is -4.52. The third kappa shape index (κ3) is 11.6. The highest BCUT2D eigenvalue weighted by Crippen LogP contribution is 2.45. The fourth-order valence-corrected chi connectivity index (χ4v) is 9.76. The standard InChI is InChI=1S/C45H67N7O10S/c1-7-31-29-45(31,42(56)49-63(58,59)50(5)6)48-40(54)35-20-14-22-52(35)41(55)38(44(2,3)4)47-43(57)62-36-21-13-16-30(36)15-9-8-10-18-33-37(61-28-25-51-23-26-60-27-24-51)32-17-11-12-19-34(32)46-39(33)53/h7,11-12,17,19,30-31,35-36,38H,1,8-10,13-16,18,20-29H2,2-6H3,(H,46,53)(H,47,57)(H,48,54)(H,49,56). The summed E-state index contributed by atoms with van der Waals surface area (Å²) in [6.45, 7) is 13.9. The van der Waals surface area contributed by atoms with Crippen LogP contribution in [0.4, 0.5) is 4.79 Å². The maximum Gasteiger partial charge on any atom is 0.408 e. The number of benzene rings is 1. The molecule has 6 unspecified atom stereocenters. The van der Waals surface area contributed by atoms with Crippen molar-refractivity contribution in [3.63, 3.8) is 0 Å². The smallest absolute Gasteiger partial charge is 0.408 e. The Balaban J connectivity index is 1.01. The van der Waals surface area contributed by atoms with E-state index in [0.29, 0.717) is 50.4 Å². The first-order valence-electron chi connectivity index (χ1n) is 22.5. The molecule has 1 aromatic carbocycles. The van der Waals surface area contributed by atoms with Crippen LogP contribution >= 0.6 is 0 Å². The molecule has 6 atom stereocenters. The number of ether oxygens (including phenoxy) is 3. The van der Waals surface area contributed by atoms with Gasteiger partial charge in [0, 0.05) is 51.6 Å². The van der Waals surface area contributed by atoms with Gasteiger partial charge in [-0.3, -0.25) is 24.1 Å². The van der Waals surface area contributed by atoms with Gasteiger partial charge in [0.2, 0.25) is 11.8 Å². The second-order valence-electron chi connectivity index (χ2n) is 18.7. The van der Waals surface area contributed by atoms with E-state index in [0.717, 1.165) is 79.8 Å². The van der Waals surface area contributed by atoms with Crippen molar-refractivity contribution < 1.29 is 41.8 Å². The SMILES string of the molecule is C=CC1CC1(NC(=O)C1CCCN1C(=O)C(NC(=O)OC1CCCC1CCCCCc1c(OCCN2CCOCC2)c2ccccc2[nH]c1=O)C(C)(C)C)C(=O)NS(=O)(=O)N(C)C. The number of nitrogens with one attached hydrogen (secondary N) is 4. The Bertz CT molecular complexity index is 2150. The van der Waals surface area contributed by atoms with Crippen LogP contribution in [0.25, 0.3) is 10.9 Å². The molecule has 17 nitrogen and oxygen atoms in total. The van der Waals surface area contributed by atoms with Crippen LogP contribution in [0.5, 0.6) is 5.75 Å². The topological polar surface area (TPSA) is 209 Å². The number of hydrogen-bond donors (Lipinski definition) is 4. The van der Waals surface area contributed by atoms with E-state index < -0.39 is 63.0 Å². The highest BCUT2D eigenvalue weighted by atomic mass is 32.2. The minimum Gasteiger partial charge on any atom is -0.491 e. The highest BCUT2D eigenvalue weighted by molar-refractivity contribution is 7.87. The number of carbonyl (C=O) groups excluding carboxylic acids is 4. The quantitative estimate of drug-likeness (QED) is 0.118. The Kier molecular flexibility index (Phi) is 15.6. The van der Waals surface area contributed by atoms with Crippen LogP contribution in [-0.2, 0) is 40.5 Å². The summed E-state index contributed by atoms with van der Waals surface area (Å²) in [5, 5.41) is 6.48. The zero-order valence-corrected chi connectivity index (χ0v) is 38.4. The van der Waals surface area contributed by atoms with Gasteiger partial charge in [-0.15, -0.1) is 6.58 Å². The largest absolute Gasteiger partial charge is 0.491 e. The van der Waals surface area contributed by atoms with Crippen molar-refractivity contribution in [2.75, 3.05) is 60.1 Å². The molecule has 3 heterocycles. The first-order valence-corrected chi connectivity index (χ1v) is 23.9. The van der Waals surface area contributed by atoms with E-state index in [1.165, 1.54) is 25.1 Å². The number of aromatic amines is 1. The van der Waals surface area contributed by atoms with Gasteiger partial charge in [0.15, 0.2) is 0 Å². The average Bonchev–Trinajstić information content (AvgIpc) is 3.49. The molecular formula is C45H67N7O10S. The number of fused-ring (bicyclic) bond motifs is 1. The number of alkyl carbamates (subject to hydrolysis) is 1. The number of H-pyrrole nitrogens is 1. The molecule has 18 heteroatoms. The van der Waals surface area contributed by atoms with Gasteiger partial charge in [-0.25, -0.2) is 9.52 Å². The summed E-state index contributed by atoms with van der Waals surface area (Å²) >= 11 is 0. The van der Waals surface area contributed by atoms with Crippen LogP contribution in [-0.4, -0.2) is 135 Å². The molecule has 4 N–H and O–H groups in total. The van der Waals surface area contributed by atoms with Crippen molar-refractivity contribution in [3.8, 4) is 5.75 Å². The van der Waals surface area contributed by atoms with E-state index in [4.69, 9.17) is 14.2 Å². The number of aromatic nitrogens is 1. The zero-order chi connectivity index (χ0) is 45.5. The van der Waals surface area contributed by atoms with Crippen LogP contribution in [0.15, 0.2) is 41.7 Å². The number of rotatable bonds is 19. The number of carbonyl (C=O) groups is 4. The maximum atomic E-state index is 14.2. The van der Waals surface area contributed by atoms with Gasteiger partial charge in [-0.1, -0.05) is 51.8 Å². The fourth-order valence-electron chi connectivity index (χ4n) is 9.16. The van der Waals surface area contributed by atoms with Gasteiger partial charge in [0.05, 0.1) is 24.3 Å². The van der Waals surface area contributed by atoms with Crippen molar-refractivity contribution in [2.24, 2.45) is 17.3 Å². The summed E-state index contributed by atoms with van der Waals surface area (Å²) in [5.74, 6) is -1.58. The molecule has 4 amide bonds. The van der Waals surface area contributed by atoms with Gasteiger partial charge in [0.1, 0.15) is 36.1 Å². The van der Waals surface area contributed by atoms with Gasteiger partial charge >= 0.3 is 16.3 Å². The second kappa shape index (κ2) is 20.5. The monoisotopic (exact) mass is 897 g/mol. The summed E-state index contributed by atoms with van der Waals surface area (Å²) < 4.78 is 45.6. The number of hydrogen-bond acceptors (Lipinski definition) is 11. The lowest BCUT2D eigenvalue weighted by molar-refractivity contribution is -0.142. The number of amides is 4. The predicted molar refractivity (Wildman–Crippen MR) is 238 cm³/mol. The summed E-state index contributed by atoms with van der Waals surface area (Å²) in [6.07, 6.45) is 8.08. The van der Waals surface area contributed by atoms with Gasteiger partial charge in [0.25, 0.3) is 11.5 Å². The van der Waals surface area contributed by atoms with Crippen molar-refractivity contribution in [1.29, 1.82) is 0 Å². The molecule has 6 rings (SSSR count). The summed E-state index contributed by atoms with van der Waals surface area (Å²) in [7, 11) is -1.55. The van der Waals surface area contributed by atoms with E-state index >= 15 is 0 Å². The molecule has 4 aliphatic rings. The van der Waals surface area contributed by atoms with Crippen LogP contribution in [0, 0.1) is 17.3 Å². The first-order chi connectivity index (χ1) is 29.9. The second-order valence-corrected chi connectivity index (χ2v) is 20.6. The van der Waals surface area contributed by atoms with E-state index in [-0.39, 0.29) is 30.5 Å². The number of unbranched alkanes of at least 4 members (excludes halogenated alkanes) is 2. The summed E-state index contributed by atoms with van der Waals surface area (Å²) in [6, 6.07) is 5.77. The van der Waals surface area contributed by atoms with Crippen LogP contribution < -0.4 is 25.7 Å². The molecule has 2 saturated carbocycles. The minimum atomic E-state index is -4.12. The Morgan fingerprint density at radius 1 is 1.05 bits per heavy atom. The number of para-hydroxylation sites is 1. The number of pyridine rings is 1. The molecule has 63 heavy (non-hydrogen) atoms. The van der Waals surface area contributed by atoms with Crippen LogP contribution in [0.2, 0.25) is 0 Å². The number of morpholine rings is 1. The minimum absolute atomic E-state index is 0.131. The van der Waals surface area contributed by atoms with Crippen molar-refractivity contribution >= 4 is 44.9 Å². The normalized spacial score (nSPS) is 24.5. The summed E-state index contributed by atoms with van der Waals surface area (Å²) in [5.41, 5.74) is -0.984.